The Bertz CT molecular complexity index is 377. The second-order valence-corrected chi connectivity index (χ2v) is 2.79. The van der Waals surface area contributed by atoms with Gasteiger partial charge < -0.3 is 10.6 Å². The second kappa shape index (κ2) is 6.03. The van der Waals surface area contributed by atoms with Crippen LogP contribution in [0, 0.1) is 0 Å². The van der Waals surface area contributed by atoms with Gasteiger partial charge in [0.25, 0.3) is 0 Å². The van der Waals surface area contributed by atoms with E-state index in [2.05, 4.69) is 9.84 Å². The molecule has 0 amide bonds. The van der Waals surface area contributed by atoms with Crippen molar-refractivity contribution < 1.29 is 9.53 Å². The molecule has 1 rings (SSSR count). The van der Waals surface area contributed by atoms with E-state index in [-0.39, 0.29) is 18.4 Å². The molecule has 2 N–H and O–H groups in total. The highest BCUT2D eigenvalue weighted by Crippen LogP contribution is 2.07. The van der Waals surface area contributed by atoms with Gasteiger partial charge in [-0.3, -0.25) is 0 Å². The van der Waals surface area contributed by atoms with Gasteiger partial charge in [0.1, 0.15) is 0 Å². The number of ether oxygens (including phenoxy) is 1. The highest BCUT2D eigenvalue weighted by Gasteiger charge is 2.06. The van der Waals surface area contributed by atoms with Crippen LogP contribution in [0.5, 0.6) is 0 Å². The summed E-state index contributed by atoms with van der Waals surface area (Å²) in [5, 5.41) is 3.55. The van der Waals surface area contributed by atoms with Crippen LogP contribution in [-0.2, 0) is 4.74 Å². The van der Waals surface area contributed by atoms with Crippen LogP contribution in [0.2, 0.25) is 0 Å². The van der Waals surface area contributed by atoms with Crippen LogP contribution in [0.3, 0.4) is 0 Å². The molecule has 0 radical (unpaired) electrons. The highest BCUT2D eigenvalue weighted by atomic mass is 35.5. The van der Waals surface area contributed by atoms with Crippen molar-refractivity contribution in [3.8, 4) is 0 Å². The number of hydrazone groups is 1. The van der Waals surface area contributed by atoms with Crippen LogP contribution in [0.25, 0.3) is 0 Å². The van der Waals surface area contributed by atoms with E-state index in [1.807, 2.05) is 6.07 Å². The molecule has 0 unspecified atom stereocenters. The number of carbonyl (C=O) groups is 1. The molecule has 0 bridgehead atoms. The third-order valence-corrected chi connectivity index (χ3v) is 1.90. The molecular weight excluding hydrogens is 216 g/mol. The molecule has 0 saturated heterocycles. The van der Waals surface area contributed by atoms with E-state index >= 15 is 0 Å². The van der Waals surface area contributed by atoms with Gasteiger partial charge in [0.15, 0.2) is 0 Å². The molecule has 1 aromatic carbocycles. The van der Waals surface area contributed by atoms with Gasteiger partial charge >= 0.3 is 5.97 Å². The maximum absolute atomic E-state index is 11.2. The Morgan fingerprint density at radius 3 is 2.53 bits per heavy atom. The summed E-state index contributed by atoms with van der Waals surface area (Å²) >= 11 is 0. The lowest BCUT2D eigenvalue weighted by molar-refractivity contribution is 0.0600. The van der Waals surface area contributed by atoms with Crippen LogP contribution in [-0.4, -0.2) is 18.8 Å². The van der Waals surface area contributed by atoms with E-state index in [0.717, 1.165) is 5.56 Å². The molecule has 15 heavy (non-hydrogen) atoms. The molecule has 0 heterocycles. The largest absolute Gasteiger partial charge is 0.465 e. The number of esters is 1. The summed E-state index contributed by atoms with van der Waals surface area (Å²) in [6, 6.07) is 6.96. The van der Waals surface area contributed by atoms with Gasteiger partial charge in [-0.25, -0.2) is 4.79 Å². The van der Waals surface area contributed by atoms with Gasteiger partial charge in [0.2, 0.25) is 0 Å². The van der Waals surface area contributed by atoms with Gasteiger partial charge in [-0.2, -0.15) is 5.10 Å². The van der Waals surface area contributed by atoms with Crippen molar-refractivity contribution >= 4 is 24.1 Å². The van der Waals surface area contributed by atoms with E-state index in [1.165, 1.54) is 7.11 Å². The fourth-order valence-electron chi connectivity index (χ4n) is 1.06. The summed E-state index contributed by atoms with van der Waals surface area (Å²) in [5.41, 5.74) is 1.99. The van der Waals surface area contributed by atoms with Gasteiger partial charge in [0.05, 0.1) is 18.4 Å². The Labute approximate surface area is 94.5 Å². The Morgan fingerprint density at radius 2 is 2.00 bits per heavy atom. The van der Waals surface area contributed by atoms with Crippen molar-refractivity contribution in [2.24, 2.45) is 10.9 Å². The third-order valence-electron chi connectivity index (χ3n) is 1.90. The van der Waals surface area contributed by atoms with Crippen LogP contribution in [0.15, 0.2) is 29.4 Å². The van der Waals surface area contributed by atoms with Crippen molar-refractivity contribution in [3.05, 3.63) is 35.4 Å². The van der Waals surface area contributed by atoms with Crippen LogP contribution in [0.1, 0.15) is 22.8 Å². The number of hydrogen-bond donors (Lipinski definition) is 1. The number of benzene rings is 1. The molecule has 5 heteroatoms. The number of methoxy groups -OCH3 is 1. The molecular formula is C10H13ClN2O2. The Balaban J connectivity index is 0.00000196. The molecule has 0 aliphatic rings. The molecule has 0 fully saturated rings. The first-order valence-electron chi connectivity index (χ1n) is 4.12. The predicted octanol–water partition coefficient (Wildman–Crippen LogP) is 1.58. The molecule has 4 nitrogen and oxygen atoms in total. The number of hydrogen-bond acceptors (Lipinski definition) is 4. The smallest absolute Gasteiger partial charge is 0.337 e. The van der Waals surface area contributed by atoms with Crippen molar-refractivity contribution in [2.45, 2.75) is 6.92 Å². The predicted molar refractivity (Wildman–Crippen MR) is 61.4 cm³/mol. The number of nitrogens with zero attached hydrogens (tertiary/aromatic N) is 1. The fourth-order valence-corrected chi connectivity index (χ4v) is 1.06. The van der Waals surface area contributed by atoms with Crippen molar-refractivity contribution in [3.63, 3.8) is 0 Å². The zero-order valence-corrected chi connectivity index (χ0v) is 9.38. The van der Waals surface area contributed by atoms with Gasteiger partial charge in [-0.05, 0) is 24.6 Å². The van der Waals surface area contributed by atoms with E-state index in [0.29, 0.717) is 11.3 Å². The zero-order chi connectivity index (χ0) is 10.6. The number of nitrogens with two attached hydrogens (primary N) is 1. The molecule has 0 aromatic heterocycles. The highest BCUT2D eigenvalue weighted by molar-refractivity contribution is 6.00. The maximum Gasteiger partial charge on any atom is 0.337 e. The van der Waals surface area contributed by atoms with Crippen molar-refractivity contribution in [1.29, 1.82) is 0 Å². The zero-order valence-electron chi connectivity index (χ0n) is 8.56. The van der Waals surface area contributed by atoms with Gasteiger partial charge in [0, 0.05) is 0 Å². The minimum atomic E-state index is -0.364. The monoisotopic (exact) mass is 228 g/mol. The summed E-state index contributed by atoms with van der Waals surface area (Å²) in [6.07, 6.45) is 0. The number of rotatable bonds is 2. The van der Waals surface area contributed by atoms with Gasteiger partial charge in [-0.15, -0.1) is 12.4 Å². The summed E-state index contributed by atoms with van der Waals surface area (Å²) in [6.45, 7) is 1.77. The van der Waals surface area contributed by atoms with Crippen molar-refractivity contribution in [2.75, 3.05) is 7.11 Å². The number of carbonyl (C=O) groups excluding carboxylic acids is 1. The topological polar surface area (TPSA) is 64.7 Å². The van der Waals surface area contributed by atoms with Crippen molar-refractivity contribution in [1.82, 2.24) is 0 Å². The molecule has 0 spiro atoms. The molecule has 0 aliphatic heterocycles. The summed E-state index contributed by atoms with van der Waals surface area (Å²) < 4.78 is 4.59. The van der Waals surface area contributed by atoms with Crippen LogP contribution in [0.4, 0.5) is 0 Å². The van der Waals surface area contributed by atoms with E-state index < -0.39 is 0 Å². The maximum atomic E-state index is 11.2. The minimum absolute atomic E-state index is 0. The summed E-state index contributed by atoms with van der Waals surface area (Å²) in [5.74, 6) is 4.77. The minimum Gasteiger partial charge on any atom is -0.465 e. The lowest BCUT2D eigenvalue weighted by atomic mass is 10.1. The SMILES string of the molecule is COC(=O)c1cccc(/C(C)=N/N)c1.Cl. The van der Waals surface area contributed by atoms with Crippen LogP contribution >= 0.6 is 12.4 Å². The molecule has 1 aromatic rings. The van der Waals surface area contributed by atoms with Crippen LogP contribution < -0.4 is 5.84 Å². The Hall–Kier alpha value is -1.55. The lowest BCUT2D eigenvalue weighted by Crippen LogP contribution is -2.04. The molecule has 82 valence electrons. The average Bonchev–Trinajstić information content (AvgIpc) is 2.27. The first-order valence-corrected chi connectivity index (χ1v) is 4.12. The normalized spacial score (nSPS) is 10.4. The average molecular weight is 229 g/mol. The first-order chi connectivity index (χ1) is 6.69. The van der Waals surface area contributed by atoms with Gasteiger partial charge in [-0.1, -0.05) is 12.1 Å². The quantitative estimate of drug-likeness (QED) is 0.362. The first kappa shape index (κ1) is 13.4. The molecule has 0 aliphatic carbocycles. The third kappa shape index (κ3) is 3.25. The fraction of sp³-hybridized carbons (Fsp3) is 0.200. The van der Waals surface area contributed by atoms with E-state index in [4.69, 9.17) is 5.84 Å². The summed E-state index contributed by atoms with van der Waals surface area (Å²) in [7, 11) is 1.35. The molecule has 0 saturated carbocycles. The second-order valence-electron chi connectivity index (χ2n) is 2.79. The number of halogens is 1. The standard InChI is InChI=1S/C10H12N2O2.ClH/c1-7(12-11)8-4-3-5-9(6-8)10(13)14-2;/h3-6H,11H2,1-2H3;1H/b12-7+;. The summed E-state index contributed by atoms with van der Waals surface area (Å²) in [4.78, 5) is 11.2. The lowest BCUT2D eigenvalue weighted by Gasteiger charge is -2.02. The van der Waals surface area contributed by atoms with E-state index in [1.54, 1.807) is 25.1 Å². The Morgan fingerprint density at radius 1 is 1.40 bits per heavy atom. The Kier molecular flexibility index (Phi) is 5.41. The molecule has 0 atom stereocenters. The van der Waals surface area contributed by atoms with E-state index in [9.17, 15) is 4.79 Å².